The summed E-state index contributed by atoms with van der Waals surface area (Å²) in [6.45, 7) is 2.11. The second-order valence-corrected chi connectivity index (χ2v) is 8.84. The molecule has 0 aromatic heterocycles. The highest BCUT2D eigenvalue weighted by Gasteiger charge is 2.36. The molecular formula is C19H19ClF2N2O3S. The van der Waals surface area contributed by atoms with E-state index in [1.165, 1.54) is 31.2 Å². The van der Waals surface area contributed by atoms with Gasteiger partial charge in [-0.25, -0.2) is 17.2 Å². The van der Waals surface area contributed by atoms with Gasteiger partial charge < -0.3 is 4.90 Å². The van der Waals surface area contributed by atoms with Crippen molar-refractivity contribution in [2.45, 2.75) is 30.7 Å². The van der Waals surface area contributed by atoms with Gasteiger partial charge in [0.2, 0.25) is 5.91 Å². The Hall–Kier alpha value is -2.19. The van der Waals surface area contributed by atoms with Gasteiger partial charge in [-0.1, -0.05) is 11.6 Å². The molecule has 1 aliphatic rings. The number of halogens is 3. The standard InChI is InChI=1S/C19H19ClF2N2O3S/c1-13(25)23-10-8-16(9-11-23)24(19-12-15(21)4-7-18(19)22)28(26,27)17-5-2-14(20)3-6-17/h2-7,12,16H,8-11H2,1H3. The molecule has 3 rings (SSSR count). The Kier molecular flexibility index (Phi) is 5.90. The molecule has 0 spiro atoms. The Balaban J connectivity index is 2.06. The van der Waals surface area contributed by atoms with Crippen LogP contribution in [0, 0.1) is 11.6 Å². The number of carbonyl (C=O) groups excluding carboxylic acids is 1. The molecule has 2 aromatic rings. The van der Waals surface area contributed by atoms with Crippen LogP contribution in [0.5, 0.6) is 0 Å². The fraction of sp³-hybridized carbons (Fsp3) is 0.316. The number of nitrogens with zero attached hydrogens (tertiary/aromatic N) is 2. The Morgan fingerprint density at radius 2 is 1.71 bits per heavy atom. The first kappa shape index (κ1) is 20.5. The van der Waals surface area contributed by atoms with E-state index in [2.05, 4.69) is 0 Å². The maximum Gasteiger partial charge on any atom is 0.264 e. The normalized spacial score (nSPS) is 15.5. The third-order valence-electron chi connectivity index (χ3n) is 4.76. The van der Waals surface area contributed by atoms with E-state index >= 15 is 0 Å². The van der Waals surface area contributed by atoms with Crippen LogP contribution in [0.25, 0.3) is 0 Å². The SMILES string of the molecule is CC(=O)N1CCC(N(c2cc(F)ccc2F)S(=O)(=O)c2ccc(Cl)cc2)CC1. The lowest BCUT2D eigenvalue weighted by molar-refractivity contribution is -0.129. The summed E-state index contributed by atoms with van der Waals surface area (Å²) in [7, 11) is -4.18. The molecule has 1 saturated heterocycles. The molecule has 0 unspecified atom stereocenters. The molecule has 0 saturated carbocycles. The molecule has 0 bridgehead atoms. The quantitative estimate of drug-likeness (QED) is 0.743. The lowest BCUT2D eigenvalue weighted by Crippen LogP contribution is -2.48. The molecule has 1 fully saturated rings. The van der Waals surface area contributed by atoms with Crippen LogP contribution < -0.4 is 4.31 Å². The van der Waals surface area contributed by atoms with Crippen molar-refractivity contribution in [1.29, 1.82) is 0 Å². The number of sulfonamides is 1. The molecule has 28 heavy (non-hydrogen) atoms. The largest absolute Gasteiger partial charge is 0.343 e. The van der Waals surface area contributed by atoms with Crippen molar-refractivity contribution in [2.75, 3.05) is 17.4 Å². The van der Waals surface area contributed by atoms with Crippen LogP contribution in [0.3, 0.4) is 0 Å². The Labute approximate surface area is 167 Å². The summed E-state index contributed by atoms with van der Waals surface area (Å²) in [6.07, 6.45) is 0.616. The summed E-state index contributed by atoms with van der Waals surface area (Å²) in [5, 5.41) is 0.359. The summed E-state index contributed by atoms with van der Waals surface area (Å²) in [5.41, 5.74) is -0.351. The van der Waals surface area contributed by atoms with Gasteiger partial charge in [-0.15, -0.1) is 0 Å². The molecule has 2 aromatic carbocycles. The molecule has 150 valence electrons. The lowest BCUT2D eigenvalue weighted by Gasteiger charge is -2.38. The molecule has 5 nitrogen and oxygen atoms in total. The fourth-order valence-electron chi connectivity index (χ4n) is 3.31. The maximum absolute atomic E-state index is 14.5. The van der Waals surface area contributed by atoms with Gasteiger partial charge in [0.1, 0.15) is 11.6 Å². The minimum atomic E-state index is -4.18. The number of hydrogen-bond donors (Lipinski definition) is 0. The van der Waals surface area contributed by atoms with E-state index in [9.17, 15) is 22.0 Å². The highest BCUT2D eigenvalue weighted by Crippen LogP contribution is 2.33. The van der Waals surface area contributed by atoms with Crippen molar-refractivity contribution in [3.63, 3.8) is 0 Å². The van der Waals surface area contributed by atoms with Gasteiger partial charge in [0.25, 0.3) is 10.0 Å². The third kappa shape index (κ3) is 4.12. The zero-order chi connectivity index (χ0) is 20.5. The van der Waals surface area contributed by atoms with Crippen LogP contribution in [-0.4, -0.2) is 38.4 Å². The first-order chi connectivity index (χ1) is 13.2. The monoisotopic (exact) mass is 428 g/mol. The molecule has 1 heterocycles. The first-order valence-electron chi connectivity index (χ1n) is 8.70. The molecule has 0 radical (unpaired) electrons. The van der Waals surface area contributed by atoms with Crippen molar-refractivity contribution < 1.29 is 22.0 Å². The zero-order valence-electron chi connectivity index (χ0n) is 15.1. The van der Waals surface area contributed by atoms with Gasteiger partial charge in [0.05, 0.1) is 10.6 Å². The topological polar surface area (TPSA) is 57.7 Å². The summed E-state index contributed by atoms with van der Waals surface area (Å²) in [4.78, 5) is 13.1. The number of hydrogen-bond acceptors (Lipinski definition) is 3. The molecule has 1 aliphatic heterocycles. The third-order valence-corrected chi connectivity index (χ3v) is 6.89. The predicted octanol–water partition coefficient (Wildman–Crippen LogP) is 3.82. The average Bonchev–Trinajstić information content (AvgIpc) is 2.65. The fourth-order valence-corrected chi connectivity index (χ4v) is 5.15. The van der Waals surface area contributed by atoms with Crippen LogP contribution in [0.15, 0.2) is 47.4 Å². The highest BCUT2D eigenvalue weighted by atomic mass is 35.5. The van der Waals surface area contributed by atoms with E-state index in [1.54, 1.807) is 4.90 Å². The van der Waals surface area contributed by atoms with Crippen LogP contribution in [0.2, 0.25) is 5.02 Å². The van der Waals surface area contributed by atoms with E-state index in [4.69, 9.17) is 11.6 Å². The van der Waals surface area contributed by atoms with Crippen LogP contribution in [-0.2, 0) is 14.8 Å². The van der Waals surface area contributed by atoms with E-state index in [-0.39, 0.29) is 16.5 Å². The van der Waals surface area contributed by atoms with Gasteiger partial charge in [0, 0.05) is 37.1 Å². The van der Waals surface area contributed by atoms with Gasteiger partial charge in [-0.3, -0.25) is 9.10 Å². The van der Waals surface area contributed by atoms with Crippen molar-refractivity contribution in [2.24, 2.45) is 0 Å². The van der Waals surface area contributed by atoms with Gasteiger partial charge in [-0.05, 0) is 49.2 Å². The Bertz CT molecular complexity index is 975. The molecule has 0 aliphatic carbocycles. The van der Waals surface area contributed by atoms with Gasteiger partial charge in [0.15, 0.2) is 0 Å². The molecule has 1 amide bonds. The highest BCUT2D eigenvalue weighted by molar-refractivity contribution is 7.92. The number of carbonyl (C=O) groups is 1. The van der Waals surface area contributed by atoms with E-state index in [0.29, 0.717) is 31.0 Å². The van der Waals surface area contributed by atoms with Crippen molar-refractivity contribution in [3.05, 3.63) is 59.1 Å². The van der Waals surface area contributed by atoms with Crippen molar-refractivity contribution >= 4 is 33.2 Å². The van der Waals surface area contributed by atoms with Crippen molar-refractivity contribution in [3.8, 4) is 0 Å². The summed E-state index contributed by atoms with van der Waals surface area (Å²) >= 11 is 5.84. The van der Waals surface area contributed by atoms with Gasteiger partial charge in [-0.2, -0.15) is 0 Å². The number of likely N-dealkylation sites (tertiary alicyclic amines) is 1. The predicted molar refractivity (Wildman–Crippen MR) is 103 cm³/mol. The average molecular weight is 429 g/mol. The molecule has 9 heteroatoms. The van der Waals surface area contributed by atoms with Gasteiger partial charge >= 0.3 is 0 Å². The smallest absolute Gasteiger partial charge is 0.264 e. The number of piperidine rings is 1. The maximum atomic E-state index is 14.5. The van der Waals surface area contributed by atoms with E-state index in [0.717, 1.165) is 22.5 Å². The first-order valence-corrected chi connectivity index (χ1v) is 10.5. The van der Waals surface area contributed by atoms with Crippen molar-refractivity contribution in [1.82, 2.24) is 4.90 Å². The summed E-state index contributed by atoms with van der Waals surface area (Å²) < 4.78 is 56.0. The van der Waals surface area contributed by atoms with E-state index < -0.39 is 27.7 Å². The molecule has 0 atom stereocenters. The van der Waals surface area contributed by atoms with E-state index in [1.807, 2.05) is 0 Å². The van der Waals surface area contributed by atoms with Crippen LogP contribution in [0.4, 0.5) is 14.5 Å². The Morgan fingerprint density at radius 3 is 2.29 bits per heavy atom. The summed E-state index contributed by atoms with van der Waals surface area (Å²) in [6, 6.07) is 7.59. The van der Waals surface area contributed by atoms with Crippen LogP contribution >= 0.6 is 11.6 Å². The summed E-state index contributed by atoms with van der Waals surface area (Å²) in [5.74, 6) is -1.69. The number of benzene rings is 2. The second kappa shape index (κ2) is 8.05. The Morgan fingerprint density at radius 1 is 1.11 bits per heavy atom. The number of anilines is 1. The zero-order valence-corrected chi connectivity index (χ0v) is 16.7. The number of rotatable bonds is 4. The molecular weight excluding hydrogens is 410 g/mol. The second-order valence-electron chi connectivity index (χ2n) is 6.59. The minimum Gasteiger partial charge on any atom is -0.343 e. The molecule has 0 N–H and O–H groups in total. The minimum absolute atomic E-state index is 0.0745. The lowest BCUT2D eigenvalue weighted by atomic mass is 10.0. The number of amides is 1. The van der Waals surface area contributed by atoms with Crippen LogP contribution in [0.1, 0.15) is 19.8 Å².